The van der Waals surface area contributed by atoms with Crippen molar-refractivity contribution in [2.24, 2.45) is 0 Å². The number of piperidine rings is 1. The first-order valence-electron chi connectivity index (χ1n) is 12.4. The van der Waals surface area contributed by atoms with E-state index in [1.165, 1.54) is 24.2 Å². The maximum Gasteiger partial charge on any atom is 0.300 e. The summed E-state index contributed by atoms with van der Waals surface area (Å²) in [4.78, 5) is 34.9. The van der Waals surface area contributed by atoms with Gasteiger partial charge in [0.1, 0.15) is 17.6 Å². The molecule has 2 saturated heterocycles. The van der Waals surface area contributed by atoms with E-state index in [1.54, 1.807) is 48.7 Å². The first-order chi connectivity index (χ1) is 17.6. The number of aliphatic hydroxyl groups is 1. The summed E-state index contributed by atoms with van der Waals surface area (Å²) < 4.78 is 5.56. The minimum atomic E-state index is -0.859. The lowest BCUT2D eigenvalue weighted by Crippen LogP contribution is -2.31. The Morgan fingerprint density at radius 3 is 2.42 bits per heavy atom. The third-order valence-corrected chi connectivity index (χ3v) is 6.68. The van der Waals surface area contributed by atoms with E-state index in [2.05, 4.69) is 9.88 Å². The maximum atomic E-state index is 13.4. The van der Waals surface area contributed by atoms with Crippen LogP contribution in [0.25, 0.3) is 5.76 Å². The predicted octanol–water partition coefficient (Wildman–Crippen LogP) is 5.10. The Labute approximate surface area is 210 Å². The Kier molecular flexibility index (Phi) is 6.71. The molecule has 0 bridgehead atoms. The number of aromatic nitrogens is 1. The third-order valence-electron chi connectivity index (χ3n) is 6.68. The molecule has 1 aromatic heterocycles. The Balaban J connectivity index is 1.58. The smallest absolute Gasteiger partial charge is 0.300 e. The van der Waals surface area contributed by atoms with E-state index >= 15 is 0 Å². The van der Waals surface area contributed by atoms with Gasteiger partial charge in [0.05, 0.1) is 17.9 Å². The van der Waals surface area contributed by atoms with E-state index in [4.69, 9.17) is 4.74 Å². The fourth-order valence-electron chi connectivity index (χ4n) is 4.95. The van der Waals surface area contributed by atoms with Crippen LogP contribution >= 0.6 is 0 Å². The highest BCUT2D eigenvalue weighted by Gasteiger charge is 2.47. The number of carbonyl (C=O) groups is 2. The van der Waals surface area contributed by atoms with Gasteiger partial charge in [0, 0.05) is 36.2 Å². The van der Waals surface area contributed by atoms with Gasteiger partial charge in [0.2, 0.25) is 0 Å². The number of nitrogens with zero attached hydrogens (tertiary/aromatic N) is 3. The van der Waals surface area contributed by atoms with Crippen molar-refractivity contribution >= 4 is 28.8 Å². The number of ketones is 1. The first-order valence-corrected chi connectivity index (χ1v) is 12.4. The number of anilines is 2. The Bertz CT molecular complexity index is 1280. The molecule has 1 atom stereocenters. The lowest BCUT2D eigenvalue weighted by Gasteiger charge is -2.30. The van der Waals surface area contributed by atoms with Crippen molar-refractivity contribution in [1.82, 2.24) is 4.98 Å². The van der Waals surface area contributed by atoms with Gasteiger partial charge in [-0.15, -0.1) is 0 Å². The van der Waals surface area contributed by atoms with E-state index in [0.29, 0.717) is 29.3 Å². The van der Waals surface area contributed by atoms with Gasteiger partial charge in [-0.25, -0.2) is 0 Å². The van der Waals surface area contributed by atoms with Crippen LogP contribution in [0, 0.1) is 0 Å². The number of amides is 1. The molecule has 2 aromatic carbocycles. The molecule has 7 heteroatoms. The van der Waals surface area contributed by atoms with Crippen LogP contribution in [-0.4, -0.2) is 41.5 Å². The fraction of sp³-hybridized carbons (Fsp3) is 0.276. The van der Waals surface area contributed by atoms with Crippen molar-refractivity contribution in [2.45, 2.75) is 32.2 Å². The second kappa shape index (κ2) is 10.2. The summed E-state index contributed by atoms with van der Waals surface area (Å²) in [5.74, 6) is -1.12. The van der Waals surface area contributed by atoms with Crippen molar-refractivity contribution in [3.8, 4) is 5.75 Å². The first kappa shape index (κ1) is 23.6. The molecular formula is C29H29N3O4. The molecular weight excluding hydrogens is 454 g/mol. The Morgan fingerprint density at radius 2 is 1.72 bits per heavy atom. The van der Waals surface area contributed by atoms with Crippen molar-refractivity contribution in [3.05, 3.63) is 89.8 Å². The minimum absolute atomic E-state index is 0.00690. The van der Waals surface area contributed by atoms with E-state index in [1.807, 2.05) is 31.2 Å². The highest BCUT2D eigenvalue weighted by atomic mass is 16.5. The number of hydrogen-bond donors (Lipinski definition) is 1. The lowest BCUT2D eigenvalue weighted by molar-refractivity contribution is -0.132. The van der Waals surface area contributed by atoms with Gasteiger partial charge >= 0.3 is 0 Å². The third kappa shape index (κ3) is 4.44. The van der Waals surface area contributed by atoms with Crippen LogP contribution < -0.4 is 14.5 Å². The number of carbonyl (C=O) groups excluding carboxylic acids is 2. The highest BCUT2D eigenvalue weighted by molar-refractivity contribution is 6.51. The summed E-state index contributed by atoms with van der Waals surface area (Å²) in [5, 5.41) is 11.3. The highest BCUT2D eigenvalue weighted by Crippen LogP contribution is 2.42. The number of ether oxygens (including phenoxy) is 1. The van der Waals surface area contributed by atoms with E-state index in [9.17, 15) is 14.7 Å². The standard InChI is InChI=1S/C29H29N3O4/c1-2-36-23-10-8-9-20(19-23)27(33)25-26(24-11-4-5-16-30-24)32(29(35)28(25)34)22-14-12-21(13-15-22)31-17-6-3-7-18-31/h4-5,8-16,19,26,33H,2-3,6-7,17-18H2,1H3/b27-25+. The summed E-state index contributed by atoms with van der Waals surface area (Å²) in [6.07, 6.45) is 5.20. The monoisotopic (exact) mass is 483 g/mol. The summed E-state index contributed by atoms with van der Waals surface area (Å²) in [6.45, 7) is 4.36. The number of benzene rings is 2. The topological polar surface area (TPSA) is 83.0 Å². The van der Waals surface area contributed by atoms with Crippen LogP contribution in [0.3, 0.4) is 0 Å². The number of hydrogen-bond acceptors (Lipinski definition) is 6. The summed E-state index contributed by atoms with van der Waals surface area (Å²) in [5.41, 5.74) is 2.58. The van der Waals surface area contributed by atoms with Crippen LogP contribution in [0.2, 0.25) is 0 Å². The zero-order chi connectivity index (χ0) is 25.1. The number of rotatable bonds is 6. The summed E-state index contributed by atoms with van der Waals surface area (Å²) in [7, 11) is 0. The Morgan fingerprint density at radius 1 is 0.972 bits per heavy atom. The SMILES string of the molecule is CCOc1cccc(/C(O)=C2\C(=O)C(=O)N(c3ccc(N4CCCCC4)cc3)C2c2ccccn2)c1. The molecule has 2 aliphatic heterocycles. The second-order valence-electron chi connectivity index (χ2n) is 8.95. The van der Waals surface area contributed by atoms with Gasteiger partial charge in [-0.05, 0) is 74.7 Å². The zero-order valence-electron chi connectivity index (χ0n) is 20.3. The van der Waals surface area contributed by atoms with Crippen LogP contribution in [0.5, 0.6) is 5.75 Å². The minimum Gasteiger partial charge on any atom is -0.507 e. The van der Waals surface area contributed by atoms with Crippen LogP contribution in [-0.2, 0) is 9.59 Å². The molecule has 3 heterocycles. The molecule has 184 valence electrons. The van der Waals surface area contributed by atoms with Crippen molar-refractivity contribution in [3.63, 3.8) is 0 Å². The zero-order valence-corrected chi connectivity index (χ0v) is 20.3. The van der Waals surface area contributed by atoms with Crippen molar-refractivity contribution < 1.29 is 19.4 Å². The van der Waals surface area contributed by atoms with Gasteiger partial charge in [-0.2, -0.15) is 0 Å². The van der Waals surface area contributed by atoms with Crippen LogP contribution in [0.1, 0.15) is 43.5 Å². The summed E-state index contributed by atoms with van der Waals surface area (Å²) >= 11 is 0. The number of aliphatic hydroxyl groups excluding tert-OH is 1. The van der Waals surface area contributed by atoms with Gasteiger partial charge in [-0.3, -0.25) is 19.5 Å². The molecule has 0 aliphatic carbocycles. The van der Waals surface area contributed by atoms with Gasteiger partial charge in [0.25, 0.3) is 11.7 Å². The molecule has 3 aromatic rings. The molecule has 36 heavy (non-hydrogen) atoms. The van der Waals surface area contributed by atoms with Crippen LogP contribution in [0.4, 0.5) is 11.4 Å². The maximum absolute atomic E-state index is 13.4. The lowest BCUT2D eigenvalue weighted by atomic mass is 9.98. The van der Waals surface area contributed by atoms with Crippen LogP contribution in [0.15, 0.2) is 78.5 Å². The number of Topliss-reactive ketones (excluding diaryl/α,β-unsaturated/α-hetero) is 1. The van der Waals surface area contributed by atoms with Crippen molar-refractivity contribution in [1.29, 1.82) is 0 Å². The number of pyridine rings is 1. The van der Waals surface area contributed by atoms with E-state index in [0.717, 1.165) is 18.8 Å². The molecule has 1 N–H and O–H groups in total. The molecule has 0 saturated carbocycles. The molecule has 7 nitrogen and oxygen atoms in total. The van der Waals surface area contributed by atoms with E-state index < -0.39 is 17.7 Å². The van der Waals surface area contributed by atoms with E-state index in [-0.39, 0.29) is 11.3 Å². The van der Waals surface area contributed by atoms with Crippen molar-refractivity contribution in [2.75, 3.05) is 29.5 Å². The normalized spacial score (nSPS) is 19.5. The average molecular weight is 484 g/mol. The molecule has 0 radical (unpaired) electrons. The molecule has 5 rings (SSSR count). The second-order valence-corrected chi connectivity index (χ2v) is 8.95. The van der Waals surface area contributed by atoms with Gasteiger partial charge in [0.15, 0.2) is 0 Å². The quantitative estimate of drug-likeness (QED) is 0.299. The predicted molar refractivity (Wildman–Crippen MR) is 139 cm³/mol. The fourth-order valence-corrected chi connectivity index (χ4v) is 4.95. The molecule has 1 unspecified atom stereocenters. The van der Waals surface area contributed by atoms with Gasteiger partial charge < -0.3 is 14.7 Å². The summed E-state index contributed by atoms with van der Waals surface area (Å²) in [6, 6.07) is 19.0. The largest absolute Gasteiger partial charge is 0.507 e. The molecule has 1 amide bonds. The Hall–Kier alpha value is -4.13. The molecule has 2 fully saturated rings. The van der Waals surface area contributed by atoms with Gasteiger partial charge in [-0.1, -0.05) is 18.2 Å². The molecule has 0 spiro atoms. The molecule has 2 aliphatic rings. The average Bonchev–Trinajstić information content (AvgIpc) is 3.20.